The van der Waals surface area contributed by atoms with Crippen molar-refractivity contribution >= 4 is 11.6 Å². The van der Waals surface area contributed by atoms with Crippen LogP contribution in [0.1, 0.15) is 17.2 Å². The minimum Gasteiger partial charge on any atom is -0.433 e. The number of nitriles is 1. The van der Waals surface area contributed by atoms with Gasteiger partial charge in [0.2, 0.25) is 11.6 Å². The molecule has 0 unspecified atom stereocenters. The molecule has 2 aromatic rings. The van der Waals surface area contributed by atoms with Gasteiger partial charge < -0.3 is 15.5 Å². The van der Waals surface area contributed by atoms with E-state index in [1.54, 1.807) is 24.3 Å². The number of nitrogens with two attached hydrogens (primary N) is 1. The fraction of sp³-hybridized carbons (Fsp3) is 0.0714. The van der Waals surface area contributed by atoms with Crippen LogP contribution in [0, 0.1) is 11.3 Å². The van der Waals surface area contributed by atoms with E-state index < -0.39 is 17.2 Å². The second kappa shape index (κ2) is 5.09. The summed E-state index contributed by atoms with van der Waals surface area (Å²) >= 11 is 6.18. The molecule has 0 radical (unpaired) electrons. The van der Waals surface area contributed by atoms with E-state index in [0.29, 0.717) is 10.6 Å². The number of allylic oxidation sites excluding steroid dienone is 1. The Morgan fingerprint density at radius 1 is 1.27 bits per heavy atom. The molecule has 8 heteroatoms. The number of halogens is 1. The summed E-state index contributed by atoms with van der Waals surface area (Å²) < 4.78 is 5.19. The predicted octanol–water partition coefficient (Wildman–Crippen LogP) is 0.935. The molecule has 0 saturated heterocycles. The quantitative estimate of drug-likeness (QED) is 0.722. The Balaban J connectivity index is 2.37. The van der Waals surface area contributed by atoms with Crippen molar-refractivity contribution in [2.45, 2.75) is 5.92 Å². The lowest BCUT2D eigenvalue weighted by Gasteiger charge is -2.25. The van der Waals surface area contributed by atoms with Crippen LogP contribution in [0.25, 0.3) is 0 Å². The molecule has 0 aliphatic carbocycles. The molecule has 0 spiro atoms. The fourth-order valence-electron chi connectivity index (χ4n) is 2.39. The van der Waals surface area contributed by atoms with E-state index in [2.05, 4.69) is 9.97 Å². The van der Waals surface area contributed by atoms with Crippen molar-refractivity contribution in [2.24, 2.45) is 5.73 Å². The SMILES string of the molecule is N#CC1=C(N)Oc2c([nH]c(=O)[nH]c2=O)[C@@H]1c1ccccc1Cl. The molecule has 2 heterocycles. The molecule has 1 aliphatic rings. The normalized spacial score (nSPS) is 16.6. The third-order valence-electron chi connectivity index (χ3n) is 3.32. The van der Waals surface area contributed by atoms with Crippen LogP contribution in [0.15, 0.2) is 45.3 Å². The lowest BCUT2D eigenvalue weighted by atomic mass is 9.87. The molecular formula is C14H9ClN4O3. The molecule has 0 amide bonds. The number of aromatic amines is 2. The first-order valence-corrected chi connectivity index (χ1v) is 6.59. The highest BCUT2D eigenvalue weighted by Crippen LogP contribution is 2.40. The van der Waals surface area contributed by atoms with Crippen molar-refractivity contribution in [1.29, 1.82) is 5.26 Å². The molecule has 1 atom stereocenters. The topological polar surface area (TPSA) is 125 Å². The van der Waals surface area contributed by atoms with Gasteiger partial charge in [0.1, 0.15) is 11.6 Å². The molecule has 110 valence electrons. The maximum absolute atomic E-state index is 11.9. The van der Waals surface area contributed by atoms with E-state index in [1.165, 1.54) is 0 Å². The number of aromatic nitrogens is 2. The summed E-state index contributed by atoms with van der Waals surface area (Å²) in [6.07, 6.45) is 0. The van der Waals surface area contributed by atoms with Crippen molar-refractivity contribution in [3.8, 4) is 11.8 Å². The molecule has 7 nitrogen and oxygen atoms in total. The molecule has 0 saturated carbocycles. The van der Waals surface area contributed by atoms with Gasteiger partial charge in [-0.15, -0.1) is 0 Å². The summed E-state index contributed by atoms with van der Waals surface area (Å²) in [4.78, 5) is 28.0. The Labute approximate surface area is 128 Å². The maximum atomic E-state index is 11.9. The van der Waals surface area contributed by atoms with E-state index >= 15 is 0 Å². The van der Waals surface area contributed by atoms with Crippen molar-refractivity contribution in [3.05, 3.63) is 72.8 Å². The van der Waals surface area contributed by atoms with E-state index in [9.17, 15) is 14.9 Å². The first kappa shape index (κ1) is 14.0. The molecule has 4 N–H and O–H groups in total. The molecule has 1 aliphatic heterocycles. The molecule has 1 aromatic carbocycles. The number of nitrogens with zero attached hydrogens (tertiary/aromatic N) is 1. The Kier molecular flexibility index (Phi) is 3.23. The standard InChI is InChI=1S/C14H9ClN4O3/c15-8-4-2-1-3-6(8)9-7(5-16)12(17)22-11-10(9)18-14(21)19-13(11)20/h1-4,9H,17H2,(H2,18,19,20,21)/t9-/m1/s1. The first-order chi connectivity index (χ1) is 10.5. The molecule has 1 aromatic heterocycles. The van der Waals surface area contributed by atoms with Crippen LogP contribution in [-0.4, -0.2) is 9.97 Å². The molecule has 3 rings (SSSR count). The number of fused-ring (bicyclic) bond motifs is 1. The van der Waals surface area contributed by atoms with Crippen LogP contribution in [-0.2, 0) is 0 Å². The zero-order valence-electron chi connectivity index (χ0n) is 11.0. The second-order valence-electron chi connectivity index (χ2n) is 4.60. The zero-order valence-corrected chi connectivity index (χ0v) is 11.8. The van der Waals surface area contributed by atoms with Gasteiger partial charge in [0.15, 0.2) is 0 Å². The van der Waals surface area contributed by atoms with Crippen LogP contribution in [0.5, 0.6) is 5.75 Å². The van der Waals surface area contributed by atoms with E-state index in [-0.39, 0.29) is 22.9 Å². The van der Waals surface area contributed by atoms with Gasteiger partial charge in [-0.25, -0.2) is 4.79 Å². The van der Waals surface area contributed by atoms with E-state index in [1.807, 2.05) is 6.07 Å². The number of rotatable bonds is 1. The Bertz CT molecular complexity index is 952. The Hall–Kier alpha value is -2.98. The van der Waals surface area contributed by atoms with Gasteiger partial charge in [-0.1, -0.05) is 29.8 Å². The molecular weight excluding hydrogens is 308 g/mol. The number of hydrogen-bond acceptors (Lipinski definition) is 5. The van der Waals surface area contributed by atoms with Gasteiger partial charge >= 0.3 is 5.69 Å². The third-order valence-corrected chi connectivity index (χ3v) is 3.66. The third kappa shape index (κ3) is 2.06. The van der Waals surface area contributed by atoms with Crippen LogP contribution in [0.2, 0.25) is 5.02 Å². The smallest absolute Gasteiger partial charge is 0.326 e. The van der Waals surface area contributed by atoms with Gasteiger partial charge in [0.05, 0.1) is 11.6 Å². The van der Waals surface area contributed by atoms with E-state index in [0.717, 1.165) is 0 Å². The van der Waals surface area contributed by atoms with Crippen molar-refractivity contribution in [1.82, 2.24) is 9.97 Å². The monoisotopic (exact) mass is 316 g/mol. The van der Waals surface area contributed by atoms with Crippen molar-refractivity contribution in [3.63, 3.8) is 0 Å². The molecule has 22 heavy (non-hydrogen) atoms. The van der Waals surface area contributed by atoms with E-state index in [4.69, 9.17) is 22.1 Å². The minimum atomic E-state index is -0.780. The maximum Gasteiger partial charge on any atom is 0.326 e. The number of nitrogens with one attached hydrogen (secondary N) is 2. The number of hydrogen-bond donors (Lipinski definition) is 3. The first-order valence-electron chi connectivity index (χ1n) is 6.21. The van der Waals surface area contributed by atoms with Crippen molar-refractivity contribution in [2.75, 3.05) is 0 Å². The summed E-state index contributed by atoms with van der Waals surface area (Å²) in [5.74, 6) is -1.13. The number of H-pyrrole nitrogens is 2. The highest BCUT2D eigenvalue weighted by molar-refractivity contribution is 6.31. The lowest BCUT2D eigenvalue weighted by Crippen LogP contribution is -2.32. The summed E-state index contributed by atoms with van der Waals surface area (Å²) in [5, 5.41) is 9.74. The summed E-state index contributed by atoms with van der Waals surface area (Å²) in [5.41, 5.74) is 5.06. The summed E-state index contributed by atoms with van der Waals surface area (Å²) in [6, 6.07) is 8.73. The zero-order chi connectivity index (χ0) is 15.9. The Morgan fingerprint density at radius 3 is 2.68 bits per heavy atom. The average Bonchev–Trinajstić information content (AvgIpc) is 2.48. The highest BCUT2D eigenvalue weighted by atomic mass is 35.5. The van der Waals surface area contributed by atoms with Crippen LogP contribution in [0.4, 0.5) is 0 Å². The summed E-state index contributed by atoms with van der Waals surface area (Å²) in [6.45, 7) is 0. The van der Waals surface area contributed by atoms with Crippen LogP contribution in [0.3, 0.4) is 0 Å². The lowest BCUT2D eigenvalue weighted by molar-refractivity contribution is 0.382. The highest BCUT2D eigenvalue weighted by Gasteiger charge is 2.34. The number of ether oxygens (including phenoxy) is 1. The average molecular weight is 317 g/mol. The number of benzene rings is 1. The summed E-state index contributed by atoms with van der Waals surface area (Å²) in [7, 11) is 0. The van der Waals surface area contributed by atoms with Gasteiger partial charge in [0, 0.05) is 5.02 Å². The van der Waals surface area contributed by atoms with Gasteiger partial charge in [0.25, 0.3) is 5.56 Å². The van der Waals surface area contributed by atoms with Crippen LogP contribution < -0.4 is 21.7 Å². The second-order valence-corrected chi connectivity index (χ2v) is 5.00. The van der Waals surface area contributed by atoms with Gasteiger partial charge in [-0.2, -0.15) is 5.26 Å². The molecule has 0 fully saturated rings. The fourth-order valence-corrected chi connectivity index (χ4v) is 2.63. The van der Waals surface area contributed by atoms with Crippen molar-refractivity contribution < 1.29 is 4.74 Å². The van der Waals surface area contributed by atoms with Gasteiger partial charge in [-0.3, -0.25) is 9.78 Å². The molecule has 0 bridgehead atoms. The van der Waals surface area contributed by atoms with Gasteiger partial charge in [-0.05, 0) is 11.6 Å². The Morgan fingerprint density at radius 2 is 2.00 bits per heavy atom. The predicted molar refractivity (Wildman–Crippen MR) is 78.4 cm³/mol. The largest absolute Gasteiger partial charge is 0.433 e. The van der Waals surface area contributed by atoms with Crippen LogP contribution >= 0.6 is 11.6 Å². The minimum absolute atomic E-state index is 0.0712.